The van der Waals surface area contributed by atoms with Gasteiger partial charge in [-0.25, -0.2) is 4.79 Å². The van der Waals surface area contributed by atoms with Crippen LogP contribution < -0.4 is 27.4 Å². The molecule has 0 fully saturated rings. The zero-order valence-electron chi connectivity index (χ0n) is 18.5. The first-order chi connectivity index (χ1) is 15.5. The van der Waals surface area contributed by atoms with Gasteiger partial charge in [-0.1, -0.05) is 44.2 Å². The molecule has 12 heteroatoms. The lowest BCUT2D eigenvalue weighted by atomic mass is 10.0. The van der Waals surface area contributed by atoms with Gasteiger partial charge in [0.05, 0.1) is 19.1 Å². The van der Waals surface area contributed by atoms with Gasteiger partial charge >= 0.3 is 5.97 Å². The number of nitrogens with two attached hydrogens (primary N) is 2. The highest BCUT2D eigenvalue weighted by Gasteiger charge is 2.31. The van der Waals surface area contributed by atoms with Crippen molar-refractivity contribution in [2.45, 2.75) is 50.9 Å². The molecule has 0 saturated carbocycles. The molecule has 0 saturated heterocycles. The average Bonchev–Trinajstić information content (AvgIpc) is 2.74. The number of carboxylic acids is 1. The molecule has 0 aliphatic rings. The van der Waals surface area contributed by atoms with Gasteiger partial charge in [0.2, 0.25) is 23.6 Å². The van der Waals surface area contributed by atoms with E-state index in [0.29, 0.717) is 5.56 Å². The molecule has 33 heavy (non-hydrogen) atoms. The van der Waals surface area contributed by atoms with Gasteiger partial charge in [-0.2, -0.15) is 0 Å². The van der Waals surface area contributed by atoms with Crippen molar-refractivity contribution in [1.29, 1.82) is 0 Å². The van der Waals surface area contributed by atoms with Gasteiger partial charge in [-0.3, -0.25) is 19.2 Å². The fourth-order valence-electron chi connectivity index (χ4n) is 2.88. The molecule has 0 aliphatic heterocycles. The number of amides is 4. The van der Waals surface area contributed by atoms with E-state index in [2.05, 4.69) is 16.0 Å². The van der Waals surface area contributed by atoms with Gasteiger partial charge in [-0.05, 0) is 11.5 Å². The summed E-state index contributed by atoms with van der Waals surface area (Å²) >= 11 is 0. The van der Waals surface area contributed by atoms with Crippen LogP contribution in [-0.4, -0.2) is 70.6 Å². The van der Waals surface area contributed by atoms with Gasteiger partial charge in [0.15, 0.2) is 0 Å². The Morgan fingerprint density at radius 3 is 1.94 bits per heavy atom. The van der Waals surface area contributed by atoms with E-state index < -0.39 is 72.7 Å². The summed E-state index contributed by atoms with van der Waals surface area (Å²) in [6.07, 6.45) is -0.413. The number of carbonyl (C=O) groups excluding carboxylic acids is 4. The molecule has 1 rings (SSSR count). The number of carbonyl (C=O) groups is 5. The first-order valence-corrected chi connectivity index (χ1v) is 10.3. The van der Waals surface area contributed by atoms with E-state index in [1.165, 1.54) is 0 Å². The normalized spacial score (nSPS) is 14.5. The van der Waals surface area contributed by atoms with Crippen LogP contribution in [0.15, 0.2) is 30.3 Å². The van der Waals surface area contributed by atoms with E-state index in [9.17, 15) is 34.2 Å². The average molecular weight is 466 g/mol. The molecule has 12 nitrogen and oxygen atoms in total. The molecule has 0 aliphatic carbocycles. The zero-order chi connectivity index (χ0) is 25.1. The second-order valence-electron chi connectivity index (χ2n) is 7.84. The van der Waals surface area contributed by atoms with Crippen LogP contribution in [0.4, 0.5) is 0 Å². The topological polar surface area (TPSA) is 214 Å². The SMILES string of the molecule is CC(C)C(NC(=O)C(CO)NC(=O)C(Cc1ccccc1)NC(=O)C(N)CC(N)=O)C(=O)O. The molecule has 182 valence electrons. The number of aliphatic carboxylic acids is 1. The predicted octanol–water partition coefficient (Wildman–Crippen LogP) is -2.38. The third-order valence-electron chi connectivity index (χ3n) is 4.72. The number of hydrogen-bond donors (Lipinski definition) is 7. The van der Waals surface area contributed by atoms with E-state index >= 15 is 0 Å². The van der Waals surface area contributed by atoms with Crippen LogP contribution >= 0.6 is 0 Å². The number of aliphatic hydroxyl groups is 1. The largest absolute Gasteiger partial charge is 0.480 e. The van der Waals surface area contributed by atoms with Crippen LogP contribution in [0.5, 0.6) is 0 Å². The number of hydrogen-bond acceptors (Lipinski definition) is 7. The minimum Gasteiger partial charge on any atom is -0.480 e. The van der Waals surface area contributed by atoms with Gasteiger partial charge in [-0.15, -0.1) is 0 Å². The Bertz CT molecular complexity index is 847. The van der Waals surface area contributed by atoms with E-state index in [1.807, 2.05) is 0 Å². The Morgan fingerprint density at radius 1 is 0.909 bits per heavy atom. The smallest absolute Gasteiger partial charge is 0.326 e. The molecule has 9 N–H and O–H groups in total. The first-order valence-electron chi connectivity index (χ1n) is 10.3. The van der Waals surface area contributed by atoms with E-state index in [0.717, 1.165) is 0 Å². The van der Waals surface area contributed by atoms with Gasteiger partial charge in [0.1, 0.15) is 18.1 Å². The highest BCUT2D eigenvalue weighted by molar-refractivity contribution is 5.95. The summed E-state index contributed by atoms with van der Waals surface area (Å²) in [5.74, 6) is -5.03. The molecule has 1 aromatic rings. The minimum absolute atomic E-state index is 0.0191. The fourth-order valence-corrected chi connectivity index (χ4v) is 2.88. The molecule has 0 heterocycles. The summed E-state index contributed by atoms with van der Waals surface area (Å²) in [7, 11) is 0. The molecular formula is C21H31N5O7. The Kier molecular flexibility index (Phi) is 11.0. The lowest BCUT2D eigenvalue weighted by molar-refractivity contribution is -0.143. The van der Waals surface area contributed by atoms with Crippen LogP contribution in [0.2, 0.25) is 0 Å². The highest BCUT2D eigenvalue weighted by Crippen LogP contribution is 2.06. The Labute approximate surface area is 191 Å². The van der Waals surface area contributed by atoms with Gasteiger partial charge in [0, 0.05) is 6.42 Å². The molecule has 0 spiro atoms. The zero-order valence-corrected chi connectivity index (χ0v) is 18.5. The number of carboxylic acid groups (broad SMARTS) is 1. The van der Waals surface area contributed by atoms with Crippen LogP contribution in [0.25, 0.3) is 0 Å². The third kappa shape index (κ3) is 9.25. The summed E-state index contributed by atoms with van der Waals surface area (Å²) in [4.78, 5) is 60.1. The second-order valence-corrected chi connectivity index (χ2v) is 7.84. The van der Waals surface area contributed by atoms with Crippen molar-refractivity contribution in [3.63, 3.8) is 0 Å². The Balaban J connectivity index is 2.99. The monoisotopic (exact) mass is 465 g/mol. The van der Waals surface area contributed by atoms with Crippen molar-refractivity contribution < 1.29 is 34.2 Å². The Morgan fingerprint density at radius 2 is 1.45 bits per heavy atom. The molecular weight excluding hydrogens is 434 g/mol. The Hall–Kier alpha value is -3.51. The van der Waals surface area contributed by atoms with Crippen molar-refractivity contribution in [3.05, 3.63) is 35.9 Å². The lowest BCUT2D eigenvalue weighted by Crippen LogP contribution is -2.59. The summed E-state index contributed by atoms with van der Waals surface area (Å²) in [5.41, 5.74) is 11.4. The van der Waals surface area contributed by atoms with Crippen molar-refractivity contribution >= 4 is 29.6 Å². The number of nitrogens with one attached hydrogen (secondary N) is 3. The summed E-state index contributed by atoms with van der Waals surface area (Å²) < 4.78 is 0. The number of benzene rings is 1. The van der Waals surface area contributed by atoms with Crippen LogP contribution in [0.1, 0.15) is 25.8 Å². The molecule has 4 atom stereocenters. The summed E-state index contributed by atoms with van der Waals surface area (Å²) in [6.45, 7) is 2.37. The second kappa shape index (κ2) is 13.1. The van der Waals surface area contributed by atoms with Gasteiger partial charge < -0.3 is 37.6 Å². The van der Waals surface area contributed by atoms with Crippen molar-refractivity contribution in [2.24, 2.45) is 17.4 Å². The van der Waals surface area contributed by atoms with Crippen LogP contribution in [-0.2, 0) is 30.4 Å². The number of aliphatic hydroxyl groups excluding tert-OH is 1. The molecule has 0 bridgehead atoms. The number of rotatable bonds is 13. The van der Waals surface area contributed by atoms with Gasteiger partial charge in [0.25, 0.3) is 0 Å². The lowest BCUT2D eigenvalue weighted by Gasteiger charge is -2.25. The predicted molar refractivity (Wildman–Crippen MR) is 117 cm³/mol. The quantitative estimate of drug-likeness (QED) is 0.167. The fraction of sp³-hybridized carbons (Fsp3) is 0.476. The molecule has 0 radical (unpaired) electrons. The molecule has 0 aromatic heterocycles. The molecule has 1 aromatic carbocycles. The summed E-state index contributed by atoms with van der Waals surface area (Å²) in [6, 6.07) is 3.47. The molecule has 4 unspecified atom stereocenters. The van der Waals surface area contributed by atoms with Crippen molar-refractivity contribution in [3.8, 4) is 0 Å². The van der Waals surface area contributed by atoms with E-state index in [1.54, 1.807) is 44.2 Å². The highest BCUT2D eigenvalue weighted by atomic mass is 16.4. The maximum Gasteiger partial charge on any atom is 0.326 e. The van der Waals surface area contributed by atoms with Crippen molar-refractivity contribution in [1.82, 2.24) is 16.0 Å². The maximum atomic E-state index is 12.9. The minimum atomic E-state index is -1.47. The van der Waals surface area contributed by atoms with Crippen LogP contribution in [0, 0.1) is 5.92 Å². The van der Waals surface area contributed by atoms with E-state index in [-0.39, 0.29) is 6.42 Å². The standard InChI is InChI=1S/C21H31N5O7/c1-11(2)17(21(32)33)26-20(31)15(10-27)25-19(30)14(8-12-6-4-3-5-7-12)24-18(29)13(22)9-16(23)28/h3-7,11,13-15,17,27H,8-10,22H2,1-2H3,(H2,23,28)(H,24,29)(H,25,30)(H,26,31)(H,32,33). The van der Waals surface area contributed by atoms with Crippen LogP contribution in [0.3, 0.4) is 0 Å². The van der Waals surface area contributed by atoms with Crippen molar-refractivity contribution in [2.75, 3.05) is 6.61 Å². The number of primary amides is 1. The van der Waals surface area contributed by atoms with E-state index in [4.69, 9.17) is 11.5 Å². The first kappa shape index (κ1) is 27.5. The third-order valence-corrected chi connectivity index (χ3v) is 4.72. The molecule has 4 amide bonds. The summed E-state index contributed by atoms with van der Waals surface area (Å²) in [5, 5.41) is 25.8. The maximum absolute atomic E-state index is 12.9.